The van der Waals surface area contributed by atoms with E-state index in [1.807, 2.05) is 6.07 Å². The van der Waals surface area contributed by atoms with Crippen molar-refractivity contribution < 1.29 is 9.34 Å². The van der Waals surface area contributed by atoms with Crippen molar-refractivity contribution >= 4 is 5.69 Å². The number of benzene rings is 1. The van der Waals surface area contributed by atoms with Crippen molar-refractivity contribution in [2.24, 2.45) is 0 Å². The standard InChI is InChI=1S/C12H12N2O3/c15-14(16)12-3-1-10(2-4-12)7-13-8-11-5-6-17-9-11/h1-6,9,13H,7-8H2. The van der Waals surface area contributed by atoms with Gasteiger partial charge in [0.25, 0.3) is 5.69 Å². The maximum atomic E-state index is 10.5. The van der Waals surface area contributed by atoms with E-state index in [0.717, 1.165) is 11.1 Å². The number of nitrogens with one attached hydrogen (secondary N) is 1. The zero-order valence-corrected chi connectivity index (χ0v) is 9.13. The smallest absolute Gasteiger partial charge is 0.269 e. The molecule has 0 aliphatic heterocycles. The van der Waals surface area contributed by atoms with Gasteiger partial charge in [-0.25, -0.2) is 0 Å². The Kier molecular flexibility index (Phi) is 3.52. The lowest BCUT2D eigenvalue weighted by Crippen LogP contribution is -2.11. The van der Waals surface area contributed by atoms with E-state index >= 15 is 0 Å². The molecule has 2 rings (SSSR count). The van der Waals surface area contributed by atoms with Gasteiger partial charge in [0.15, 0.2) is 0 Å². The second kappa shape index (κ2) is 5.27. The summed E-state index contributed by atoms with van der Waals surface area (Å²) in [6.07, 6.45) is 3.31. The molecule has 0 fully saturated rings. The van der Waals surface area contributed by atoms with Crippen LogP contribution in [0.4, 0.5) is 5.69 Å². The third-order valence-corrected chi connectivity index (χ3v) is 2.39. The van der Waals surface area contributed by atoms with Gasteiger partial charge in [0.1, 0.15) is 0 Å². The van der Waals surface area contributed by atoms with Crippen LogP contribution in [-0.2, 0) is 13.1 Å². The van der Waals surface area contributed by atoms with E-state index in [1.165, 1.54) is 12.1 Å². The number of hydrogen-bond acceptors (Lipinski definition) is 4. The van der Waals surface area contributed by atoms with Gasteiger partial charge in [-0.3, -0.25) is 10.1 Å². The molecule has 0 amide bonds. The lowest BCUT2D eigenvalue weighted by atomic mass is 10.2. The summed E-state index contributed by atoms with van der Waals surface area (Å²) in [7, 11) is 0. The lowest BCUT2D eigenvalue weighted by molar-refractivity contribution is -0.384. The largest absolute Gasteiger partial charge is 0.472 e. The molecule has 0 unspecified atom stereocenters. The number of nitrogens with zero attached hydrogens (tertiary/aromatic N) is 1. The zero-order valence-electron chi connectivity index (χ0n) is 9.13. The van der Waals surface area contributed by atoms with Gasteiger partial charge in [-0.05, 0) is 11.6 Å². The van der Waals surface area contributed by atoms with Crippen molar-refractivity contribution in [3.8, 4) is 0 Å². The summed E-state index contributed by atoms with van der Waals surface area (Å²) in [5.74, 6) is 0. The fourth-order valence-electron chi connectivity index (χ4n) is 1.48. The number of rotatable bonds is 5. The molecular weight excluding hydrogens is 220 g/mol. The van der Waals surface area contributed by atoms with Gasteiger partial charge in [-0.2, -0.15) is 0 Å². The topological polar surface area (TPSA) is 68.3 Å². The van der Waals surface area contributed by atoms with Gasteiger partial charge in [-0.15, -0.1) is 0 Å². The summed E-state index contributed by atoms with van der Waals surface area (Å²) < 4.78 is 4.94. The molecule has 1 aromatic heterocycles. The van der Waals surface area contributed by atoms with Crippen LogP contribution in [0.25, 0.3) is 0 Å². The number of furan rings is 1. The second-order valence-corrected chi connectivity index (χ2v) is 3.66. The first kappa shape index (κ1) is 11.3. The Labute approximate surface area is 98.2 Å². The van der Waals surface area contributed by atoms with E-state index in [0.29, 0.717) is 13.1 Å². The molecule has 0 radical (unpaired) electrons. The Morgan fingerprint density at radius 1 is 1.12 bits per heavy atom. The number of nitro benzene ring substituents is 1. The Hall–Kier alpha value is -2.14. The van der Waals surface area contributed by atoms with Crippen molar-refractivity contribution in [3.63, 3.8) is 0 Å². The highest BCUT2D eigenvalue weighted by Crippen LogP contribution is 2.11. The van der Waals surface area contributed by atoms with Gasteiger partial charge in [0, 0.05) is 30.8 Å². The van der Waals surface area contributed by atoms with E-state index in [2.05, 4.69) is 5.32 Å². The fraction of sp³-hybridized carbons (Fsp3) is 0.167. The van der Waals surface area contributed by atoms with Crippen LogP contribution in [0.2, 0.25) is 0 Å². The van der Waals surface area contributed by atoms with E-state index < -0.39 is 4.92 Å². The fourth-order valence-corrected chi connectivity index (χ4v) is 1.48. The molecular formula is C12H12N2O3. The molecule has 0 aliphatic carbocycles. The molecule has 0 spiro atoms. The highest BCUT2D eigenvalue weighted by Gasteiger charge is 2.03. The lowest BCUT2D eigenvalue weighted by Gasteiger charge is -2.02. The van der Waals surface area contributed by atoms with Crippen molar-refractivity contribution in [1.82, 2.24) is 5.32 Å². The number of nitro groups is 1. The molecule has 0 aliphatic rings. The van der Waals surface area contributed by atoms with Crippen LogP contribution in [0.5, 0.6) is 0 Å². The summed E-state index contributed by atoms with van der Waals surface area (Å²) in [6, 6.07) is 8.41. The molecule has 17 heavy (non-hydrogen) atoms. The Bertz CT molecular complexity index is 477. The first-order valence-corrected chi connectivity index (χ1v) is 5.21. The van der Waals surface area contributed by atoms with Crippen molar-refractivity contribution in [2.45, 2.75) is 13.1 Å². The average Bonchev–Trinajstić information content (AvgIpc) is 2.83. The SMILES string of the molecule is O=[N+]([O-])c1ccc(CNCc2ccoc2)cc1. The monoisotopic (exact) mass is 232 g/mol. The number of non-ortho nitro benzene ring substituents is 1. The number of hydrogen-bond donors (Lipinski definition) is 1. The highest BCUT2D eigenvalue weighted by molar-refractivity contribution is 5.32. The van der Waals surface area contributed by atoms with Crippen LogP contribution in [0.3, 0.4) is 0 Å². The predicted molar refractivity (Wildman–Crippen MR) is 62.3 cm³/mol. The van der Waals surface area contributed by atoms with Crippen LogP contribution in [-0.4, -0.2) is 4.92 Å². The Balaban J connectivity index is 1.85. The maximum absolute atomic E-state index is 10.5. The van der Waals surface area contributed by atoms with Gasteiger partial charge in [-0.1, -0.05) is 12.1 Å². The maximum Gasteiger partial charge on any atom is 0.269 e. The molecule has 2 aromatic rings. The van der Waals surface area contributed by atoms with Gasteiger partial charge < -0.3 is 9.73 Å². The van der Waals surface area contributed by atoms with E-state index in [9.17, 15) is 10.1 Å². The van der Waals surface area contributed by atoms with E-state index in [-0.39, 0.29) is 5.69 Å². The summed E-state index contributed by atoms with van der Waals surface area (Å²) in [5, 5.41) is 13.7. The Morgan fingerprint density at radius 3 is 2.41 bits per heavy atom. The third-order valence-electron chi connectivity index (χ3n) is 2.39. The van der Waals surface area contributed by atoms with Gasteiger partial charge in [0.2, 0.25) is 0 Å². The molecule has 5 nitrogen and oxygen atoms in total. The van der Waals surface area contributed by atoms with Crippen LogP contribution in [0, 0.1) is 10.1 Å². The normalized spacial score (nSPS) is 10.4. The molecule has 0 saturated carbocycles. The minimum Gasteiger partial charge on any atom is -0.472 e. The average molecular weight is 232 g/mol. The van der Waals surface area contributed by atoms with Crippen molar-refractivity contribution in [3.05, 3.63) is 64.1 Å². The van der Waals surface area contributed by atoms with Crippen LogP contribution < -0.4 is 5.32 Å². The quantitative estimate of drug-likeness (QED) is 0.635. The summed E-state index contributed by atoms with van der Waals surface area (Å²) in [6.45, 7) is 1.39. The summed E-state index contributed by atoms with van der Waals surface area (Å²) in [4.78, 5) is 10.1. The molecule has 1 heterocycles. The van der Waals surface area contributed by atoms with E-state index in [4.69, 9.17) is 4.42 Å². The molecule has 0 saturated heterocycles. The molecule has 0 atom stereocenters. The first-order chi connectivity index (χ1) is 8.25. The highest BCUT2D eigenvalue weighted by atomic mass is 16.6. The molecule has 1 aromatic carbocycles. The molecule has 88 valence electrons. The first-order valence-electron chi connectivity index (χ1n) is 5.21. The minimum absolute atomic E-state index is 0.114. The van der Waals surface area contributed by atoms with Gasteiger partial charge >= 0.3 is 0 Å². The second-order valence-electron chi connectivity index (χ2n) is 3.66. The molecule has 0 bridgehead atoms. The van der Waals surface area contributed by atoms with E-state index in [1.54, 1.807) is 24.7 Å². The van der Waals surface area contributed by atoms with Crippen LogP contribution in [0.15, 0.2) is 47.3 Å². The zero-order chi connectivity index (χ0) is 12.1. The van der Waals surface area contributed by atoms with Crippen LogP contribution in [0.1, 0.15) is 11.1 Å². The van der Waals surface area contributed by atoms with Crippen molar-refractivity contribution in [1.29, 1.82) is 0 Å². The summed E-state index contributed by atoms with van der Waals surface area (Å²) in [5.41, 5.74) is 2.20. The summed E-state index contributed by atoms with van der Waals surface area (Å²) >= 11 is 0. The van der Waals surface area contributed by atoms with Crippen molar-refractivity contribution in [2.75, 3.05) is 0 Å². The minimum atomic E-state index is -0.400. The molecule has 5 heteroatoms. The van der Waals surface area contributed by atoms with Crippen LogP contribution >= 0.6 is 0 Å². The van der Waals surface area contributed by atoms with Gasteiger partial charge in [0.05, 0.1) is 17.4 Å². The Morgan fingerprint density at radius 2 is 1.82 bits per heavy atom. The molecule has 1 N–H and O–H groups in total. The third kappa shape index (κ3) is 3.15. The predicted octanol–water partition coefficient (Wildman–Crippen LogP) is 2.48.